The molecule has 134 valence electrons. The lowest BCUT2D eigenvalue weighted by molar-refractivity contribution is 0.0730. The van der Waals surface area contributed by atoms with Crippen LogP contribution in [-0.2, 0) is 21.3 Å². The highest BCUT2D eigenvalue weighted by molar-refractivity contribution is 7.89. The summed E-state index contributed by atoms with van der Waals surface area (Å²) in [6, 6.07) is 5.80. The standard InChI is InChI=1S/C15H18N4O5S/c1-11-17-14(24-18-11)10-16-15(20)12-2-4-13(5-3-12)25(21,22)19-6-8-23-9-7-19/h2-5H,6-10H2,1H3,(H,16,20). The van der Waals surface area contributed by atoms with E-state index in [1.165, 1.54) is 28.6 Å². The summed E-state index contributed by atoms with van der Waals surface area (Å²) in [7, 11) is -3.57. The van der Waals surface area contributed by atoms with Gasteiger partial charge in [0.1, 0.15) is 0 Å². The Hall–Kier alpha value is -2.30. The smallest absolute Gasteiger partial charge is 0.251 e. The van der Waals surface area contributed by atoms with Gasteiger partial charge in [-0.05, 0) is 31.2 Å². The van der Waals surface area contributed by atoms with Crippen LogP contribution in [0.15, 0.2) is 33.7 Å². The van der Waals surface area contributed by atoms with E-state index in [0.29, 0.717) is 43.6 Å². The molecule has 25 heavy (non-hydrogen) atoms. The molecule has 0 spiro atoms. The van der Waals surface area contributed by atoms with Gasteiger partial charge in [-0.1, -0.05) is 5.16 Å². The molecule has 2 aromatic rings. The molecule has 0 unspecified atom stereocenters. The zero-order valence-corrected chi connectivity index (χ0v) is 14.5. The Morgan fingerprint density at radius 2 is 1.92 bits per heavy atom. The predicted molar refractivity (Wildman–Crippen MR) is 86.2 cm³/mol. The minimum atomic E-state index is -3.57. The van der Waals surface area contributed by atoms with Crippen LogP contribution >= 0.6 is 0 Å². The van der Waals surface area contributed by atoms with Gasteiger partial charge in [0.25, 0.3) is 5.91 Å². The first-order chi connectivity index (χ1) is 12.0. The number of amides is 1. The Balaban J connectivity index is 1.65. The van der Waals surface area contributed by atoms with Crippen molar-refractivity contribution in [3.05, 3.63) is 41.5 Å². The van der Waals surface area contributed by atoms with Gasteiger partial charge in [0.05, 0.1) is 24.7 Å². The molecule has 10 heteroatoms. The number of hydrogen-bond acceptors (Lipinski definition) is 7. The Morgan fingerprint density at radius 1 is 1.24 bits per heavy atom. The number of ether oxygens (including phenoxy) is 1. The minimum absolute atomic E-state index is 0.105. The zero-order chi connectivity index (χ0) is 17.9. The van der Waals surface area contributed by atoms with Gasteiger partial charge in [-0.15, -0.1) is 0 Å². The van der Waals surface area contributed by atoms with Gasteiger partial charge in [-0.3, -0.25) is 4.79 Å². The maximum Gasteiger partial charge on any atom is 0.251 e. The Labute approximate surface area is 145 Å². The number of sulfonamides is 1. The number of carbonyl (C=O) groups excluding carboxylic acids is 1. The third-order valence-corrected chi connectivity index (χ3v) is 5.61. The molecule has 0 radical (unpaired) electrons. The fourth-order valence-electron chi connectivity index (χ4n) is 2.38. The lowest BCUT2D eigenvalue weighted by atomic mass is 10.2. The van der Waals surface area contributed by atoms with E-state index in [1.807, 2.05) is 0 Å². The summed E-state index contributed by atoms with van der Waals surface area (Å²) in [4.78, 5) is 16.2. The molecule has 1 amide bonds. The van der Waals surface area contributed by atoms with E-state index in [1.54, 1.807) is 6.92 Å². The van der Waals surface area contributed by atoms with Crippen LogP contribution in [0.3, 0.4) is 0 Å². The molecule has 1 fully saturated rings. The predicted octanol–water partition coefficient (Wildman–Crippen LogP) is 0.329. The summed E-state index contributed by atoms with van der Waals surface area (Å²) in [5, 5.41) is 6.27. The van der Waals surface area contributed by atoms with Crippen LogP contribution in [0.4, 0.5) is 0 Å². The number of hydrogen-bond donors (Lipinski definition) is 1. The normalized spacial score (nSPS) is 15.9. The molecule has 1 aliphatic rings. The third kappa shape index (κ3) is 4.03. The van der Waals surface area contributed by atoms with Crippen molar-refractivity contribution >= 4 is 15.9 Å². The van der Waals surface area contributed by atoms with Crippen molar-refractivity contribution in [1.82, 2.24) is 19.8 Å². The van der Waals surface area contributed by atoms with Gasteiger partial charge in [-0.2, -0.15) is 9.29 Å². The lowest BCUT2D eigenvalue weighted by Gasteiger charge is -2.26. The second kappa shape index (κ2) is 7.30. The monoisotopic (exact) mass is 366 g/mol. The van der Waals surface area contributed by atoms with Gasteiger partial charge in [-0.25, -0.2) is 8.42 Å². The van der Waals surface area contributed by atoms with Crippen LogP contribution in [0.2, 0.25) is 0 Å². The quantitative estimate of drug-likeness (QED) is 0.811. The van der Waals surface area contributed by atoms with E-state index in [2.05, 4.69) is 15.5 Å². The van der Waals surface area contributed by atoms with Gasteiger partial charge in [0, 0.05) is 18.7 Å². The van der Waals surface area contributed by atoms with Crippen molar-refractivity contribution in [1.29, 1.82) is 0 Å². The van der Waals surface area contributed by atoms with Crippen molar-refractivity contribution in [2.75, 3.05) is 26.3 Å². The van der Waals surface area contributed by atoms with Crippen LogP contribution in [0.1, 0.15) is 22.1 Å². The maximum absolute atomic E-state index is 12.5. The molecule has 0 aliphatic carbocycles. The third-order valence-electron chi connectivity index (χ3n) is 3.69. The molecule has 0 bridgehead atoms. The molecule has 1 aliphatic heterocycles. The lowest BCUT2D eigenvalue weighted by Crippen LogP contribution is -2.40. The van der Waals surface area contributed by atoms with Crippen LogP contribution < -0.4 is 5.32 Å². The molecular weight excluding hydrogens is 348 g/mol. The minimum Gasteiger partial charge on any atom is -0.379 e. The number of nitrogens with zero attached hydrogens (tertiary/aromatic N) is 3. The van der Waals surface area contributed by atoms with Gasteiger partial charge < -0.3 is 14.6 Å². The Kier molecular flexibility index (Phi) is 5.11. The van der Waals surface area contributed by atoms with Crippen LogP contribution in [0.25, 0.3) is 0 Å². The first kappa shape index (κ1) is 17.5. The summed E-state index contributed by atoms with van der Waals surface area (Å²) < 4.78 is 36.5. The number of aromatic nitrogens is 2. The number of carbonyl (C=O) groups is 1. The van der Waals surface area contributed by atoms with Crippen LogP contribution in [0.5, 0.6) is 0 Å². The first-order valence-corrected chi connectivity index (χ1v) is 9.16. The molecule has 1 aromatic carbocycles. The molecule has 3 rings (SSSR count). The number of benzene rings is 1. The van der Waals surface area contributed by atoms with Gasteiger partial charge >= 0.3 is 0 Å². The van der Waals surface area contributed by atoms with Gasteiger partial charge in [0.15, 0.2) is 5.82 Å². The summed E-state index contributed by atoms with van der Waals surface area (Å²) in [5.74, 6) is 0.436. The summed E-state index contributed by atoms with van der Waals surface area (Å²) in [6.07, 6.45) is 0. The fraction of sp³-hybridized carbons (Fsp3) is 0.400. The molecule has 2 heterocycles. The van der Waals surface area contributed by atoms with E-state index >= 15 is 0 Å². The molecule has 0 saturated carbocycles. The van der Waals surface area contributed by atoms with E-state index < -0.39 is 10.0 Å². The van der Waals surface area contributed by atoms with Crippen LogP contribution in [0, 0.1) is 6.92 Å². The van der Waals surface area contributed by atoms with E-state index in [4.69, 9.17) is 9.26 Å². The van der Waals surface area contributed by atoms with Crippen molar-refractivity contribution in [3.8, 4) is 0 Å². The highest BCUT2D eigenvalue weighted by atomic mass is 32.2. The van der Waals surface area contributed by atoms with E-state index in [9.17, 15) is 13.2 Å². The molecule has 1 saturated heterocycles. The first-order valence-electron chi connectivity index (χ1n) is 7.72. The van der Waals surface area contributed by atoms with E-state index in [-0.39, 0.29) is 17.3 Å². The topological polar surface area (TPSA) is 115 Å². The number of rotatable bonds is 5. The van der Waals surface area contributed by atoms with Crippen LogP contribution in [-0.4, -0.2) is 55.1 Å². The fourth-order valence-corrected chi connectivity index (χ4v) is 3.79. The Bertz CT molecular complexity index is 841. The summed E-state index contributed by atoms with van der Waals surface area (Å²) in [5.41, 5.74) is 0.345. The number of aryl methyl sites for hydroxylation is 1. The largest absolute Gasteiger partial charge is 0.379 e. The highest BCUT2D eigenvalue weighted by Gasteiger charge is 2.26. The summed E-state index contributed by atoms with van der Waals surface area (Å²) in [6.45, 7) is 3.21. The van der Waals surface area contributed by atoms with Crippen molar-refractivity contribution in [2.45, 2.75) is 18.4 Å². The van der Waals surface area contributed by atoms with Crippen molar-refractivity contribution < 1.29 is 22.5 Å². The second-order valence-electron chi connectivity index (χ2n) is 5.46. The van der Waals surface area contributed by atoms with E-state index in [0.717, 1.165) is 0 Å². The SMILES string of the molecule is Cc1noc(CNC(=O)c2ccc(S(=O)(=O)N3CCOCC3)cc2)n1. The second-order valence-corrected chi connectivity index (χ2v) is 7.40. The Morgan fingerprint density at radius 3 is 2.52 bits per heavy atom. The molecule has 9 nitrogen and oxygen atoms in total. The summed E-state index contributed by atoms with van der Waals surface area (Å²) >= 11 is 0. The average Bonchev–Trinajstić information content (AvgIpc) is 3.06. The van der Waals surface area contributed by atoms with Gasteiger partial charge in [0.2, 0.25) is 15.9 Å². The molecule has 1 aromatic heterocycles. The maximum atomic E-state index is 12.5. The van der Waals surface area contributed by atoms with Crippen molar-refractivity contribution in [2.24, 2.45) is 0 Å². The zero-order valence-electron chi connectivity index (χ0n) is 13.6. The average molecular weight is 366 g/mol. The molecule has 1 N–H and O–H groups in total. The molecular formula is C15H18N4O5S. The number of morpholine rings is 1. The van der Waals surface area contributed by atoms with Crippen molar-refractivity contribution in [3.63, 3.8) is 0 Å². The highest BCUT2D eigenvalue weighted by Crippen LogP contribution is 2.17. The molecule has 0 atom stereocenters. The number of nitrogens with one attached hydrogen (secondary N) is 1.